The summed E-state index contributed by atoms with van der Waals surface area (Å²) in [6.07, 6.45) is 0. The number of benzene rings is 1. The van der Waals surface area contributed by atoms with E-state index in [1.807, 2.05) is 12.1 Å². The summed E-state index contributed by atoms with van der Waals surface area (Å²) in [5.41, 5.74) is 12.2. The summed E-state index contributed by atoms with van der Waals surface area (Å²) in [5.74, 6) is 0.726. The molecular weight excluding hydrogens is 214 g/mol. The number of rotatable bonds is 2. The minimum atomic E-state index is -0.368. The van der Waals surface area contributed by atoms with Crippen molar-refractivity contribution in [3.05, 3.63) is 40.7 Å². The zero-order valence-electron chi connectivity index (χ0n) is 7.81. The first-order valence-electron chi connectivity index (χ1n) is 4.35. The summed E-state index contributed by atoms with van der Waals surface area (Å²) in [6.45, 7) is 0. The molecule has 1 heterocycles. The van der Waals surface area contributed by atoms with Crippen molar-refractivity contribution >= 4 is 17.5 Å². The summed E-state index contributed by atoms with van der Waals surface area (Å²) < 4.78 is 0. The number of H-pyrrole nitrogens is 1. The van der Waals surface area contributed by atoms with Crippen LogP contribution in [0.1, 0.15) is 17.4 Å². The Morgan fingerprint density at radius 1 is 1.27 bits per heavy atom. The van der Waals surface area contributed by atoms with Crippen LogP contribution in [-0.2, 0) is 0 Å². The molecule has 1 unspecified atom stereocenters. The van der Waals surface area contributed by atoms with E-state index in [1.54, 1.807) is 12.1 Å². The number of hydrogen-bond acceptors (Lipinski definition) is 4. The van der Waals surface area contributed by atoms with Crippen LogP contribution in [0.5, 0.6) is 0 Å². The lowest BCUT2D eigenvalue weighted by atomic mass is 10.1. The van der Waals surface area contributed by atoms with E-state index in [2.05, 4.69) is 15.2 Å². The highest BCUT2D eigenvalue weighted by Crippen LogP contribution is 2.18. The molecule has 5 nitrogen and oxygen atoms in total. The van der Waals surface area contributed by atoms with Crippen LogP contribution < -0.4 is 11.5 Å². The molecule has 0 saturated heterocycles. The first kappa shape index (κ1) is 9.95. The molecule has 0 fully saturated rings. The number of nitrogens with one attached hydrogen (secondary N) is 1. The van der Waals surface area contributed by atoms with Gasteiger partial charge in [-0.25, -0.2) is 0 Å². The van der Waals surface area contributed by atoms with Gasteiger partial charge in [0.1, 0.15) is 5.82 Å². The fourth-order valence-corrected chi connectivity index (χ4v) is 1.38. The van der Waals surface area contributed by atoms with Crippen LogP contribution in [0.15, 0.2) is 24.3 Å². The number of nitrogens with zero attached hydrogens (tertiary/aromatic N) is 2. The molecule has 0 radical (unpaired) electrons. The first-order chi connectivity index (χ1) is 7.16. The van der Waals surface area contributed by atoms with Crippen molar-refractivity contribution in [3.8, 4) is 0 Å². The summed E-state index contributed by atoms with van der Waals surface area (Å²) in [5, 5.41) is 7.06. The van der Waals surface area contributed by atoms with Crippen molar-refractivity contribution in [1.82, 2.24) is 15.2 Å². The van der Waals surface area contributed by atoms with Gasteiger partial charge in [0.25, 0.3) is 0 Å². The van der Waals surface area contributed by atoms with Crippen LogP contribution >= 0.6 is 11.6 Å². The molecule has 1 aromatic carbocycles. The highest BCUT2D eigenvalue weighted by Gasteiger charge is 2.12. The average molecular weight is 224 g/mol. The van der Waals surface area contributed by atoms with Gasteiger partial charge in [0.15, 0.2) is 0 Å². The number of aromatic nitrogens is 3. The summed E-state index contributed by atoms with van der Waals surface area (Å²) in [4.78, 5) is 3.96. The number of halogens is 1. The molecule has 0 bridgehead atoms. The van der Waals surface area contributed by atoms with Gasteiger partial charge in [0, 0.05) is 5.02 Å². The number of nitrogens with two attached hydrogens (primary N) is 2. The summed E-state index contributed by atoms with van der Waals surface area (Å²) in [7, 11) is 0. The van der Waals surface area contributed by atoms with Gasteiger partial charge in [-0.3, -0.25) is 5.10 Å². The van der Waals surface area contributed by atoms with E-state index < -0.39 is 0 Å². The Kier molecular flexibility index (Phi) is 2.57. The van der Waals surface area contributed by atoms with Crippen LogP contribution in [0.3, 0.4) is 0 Å². The Balaban J connectivity index is 2.28. The maximum absolute atomic E-state index is 5.95. The molecule has 78 valence electrons. The van der Waals surface area contributed by atoms with E-state index in [1.165, 1.54) is 0 Å². The smallest absolute Gasteiger partial charge is 0.239 e. The van der Waals surface area contributed by atoms with Crippen molar-refractivity contribution in [2.45, 2.75) is 6.04 Å². The Bertz CT molecular complexity index is 450. The van der Waals surface area contributed by atoms with Crippen LogP contribution in [0, 0.1) is 0 Å². The maximum atomic E-state index is 5.95. The van der Waals surface area contributed by atoms with Crippen LogP contribution in [0.2, 0.25) is 5.02 Å². The molecule has 15 heavy (non-hydrogen) atoms. The van der Waals surface area contributed by atoms with Crippen molar-refractivity contribution in [1.29, 1.82) is 0 Å². The Morgan fingerprint density at radius 2 is 1.93 bits per heavy atom. The standard InChI is InChI=1S/C9H10ClN5/c10-6-3-1-5(2-4-6)7(11)8-13-9(12)15-14-8/h1-4,7H,11H2,(H3,12,13,14,15). The van der Waals surface area contributed by atoms with Crippen LogP contribution in [0.25, 0.3) is 0 Å². The first-order valence-corrected chi connectivity index (χ1v) is 4.73. The van der Waals surface area contributed by atoms with Gasteiger partial charge in [-0.15, -0.1) is 5.10 Å². The van der Waals surface area contributed by atoms with E-state index in [9.17, 15) is 0 Å². The van der Waals surface area contributed by atoms with Gasteiger partial charge in [-0.05, 0) is 17.7 Å². The van der Waals surface area contributed by atoms with Crippen molar-refractivity contribution < 1.29 is 0 Å². The SMILES string of the molecule is Nc1n[nH]c(C(N)c2ccc(Cl)cc2)n1. The number of hydrogen-bond donors (Lipinski definition) is 3. The van der Waals surface area contributed by atoms with Crippen molar-refractivity contribution in [3.63, 3.8) is 0 Å². The monoisotopic (exact) mass is 223 g/mol. The number of aromatic amines is 1. The molecule has 1 atom stereocenters. The van der Waals surface area contributed by atoms with E-state index in [-0.39, 0.29) is 12.0 Å². The zero-order valence-corrected chi connectivity index (χ0v) is 8.57. The van der Waals surface area contributed by atoms with Crippen LogP contribution in [0.4, 0.5) is 5.95 Å². The summed E-state index contributed by atoms with van der Waals surface area (Å²) >= 11 is 5.77. The number of anilines is 1. The number of nitrogen functional groups attached to an aromatic ring is 1. The van der Waals surface area contributed by atoms with Gasteiger partial charge >= 0.3 is 0 Å². The van der Waals surface area contributed by atoms with E-state index in [4.69, 9.17) is 23.1 Å². The van der Waals surface area contributed by atoms with E-state index in [0.717, 1.165) is 5.56 Å². The lowest BCUT2D eigenvalue weighted by Crippen LogP contribution is -2.13. The fourth-order valence-electron chi connectivity index (χ4n) is 1.26. The molecule has 0 aliphatic heterocycles. The second-order valence-corrected chi connectivity index (χ2v) is 3.54. The Hall–Kier alpha value is -1.59. The second-order valence-electron chi connectivity index (χ2n) is 3.11. The third kappa shape index (κ3) is 2.08. The lowest BCUT2D eigenvalue weighted by Gasteiger charge is -2.07. The largest absolute Gasteiger partial charge is 0.367 e. The zero-order chi connectivity index (χ0) is 10.8. The highest BCUT2D eigenvalue weighted by atomic mass is 35.5. The Labute approximate surface area is 91.5 Å². The quantitative estimate of drug-likeness (QED) is 0.710. The minimum Gasteiger partial charge on any atom is -0.367 e. The average Bonchev–Trinajstić information content (AvgIpc) is 2.65. The van der Waals surface area contributed by atoms with E-state index in [0.29, 0.717) is 10.8 Å². The lowest BCUT2D eigenvalue weighted by molar-refractivity contribution is 0.787. The van der Waals surface area contributed by atoms with Gasteiger partial charge in [-0.1, -0.05) is 23.7 Å². The predicted octanol–water partition coefficient (Wildman–Crippen LogP) is 1.09. The van der Waals surface area contributed by atoms with Crippen molar-refractivity contribution in [2.24, 2.45) is 5.73 Å². The molecule has 6 heteroatoms. The molecule has 0 aliphatic carbocycles. The predicted molar refractivity (Wildman–Crippen MR) is 58.3 cm³/mol. The van der Waals surface area contributed by atoms with E-state index >= 15 is 0 Å². The molecule has 2 aromatic rings. The van der Waals surface area contributed by atoms with Gasteiger partial charge in [0.2, 0.25) is 5.95 Å². The molecule has 0 amide bonds. The van der Waals surface area contributed by atoms with Crippen LogP contribution in [-0.4, -0.2) is 15.2 Å². The molecule has 1 aromatic heterocycles. The molecule has 2 rings (SSSR count). The van der Waals surface area contributed by atoms with Gasteiger partial charge in [0.05, 0.1) is 6.04 Å². The fraction of sp³-hybridized carbons (Fsp3) is 0.111. The topological polar surface area (TPSA) is 93.6 Å². The minimum absolute atomic E-state index is 0.189. The third-order valence-corrected chi connectivity index (χ3v) is 2.30. The summed E-state index contributed by atoms with van der Waals surface area (Å²) in [6, 6.07) is 6.86. The maximum Gasteiger partial charge on any atom is 0.239 e. The molecule has 0 aliphatic rings. The normalized spacial score (nSPS) is 12.7. The third-order valence-electron chi connectivity index (χ3n) is 2.04. The molecule has 0 spiro atoms. The van der Waals surface area contributed by atoms with Gasteiger partial charge < -0.3 is 11.5 Å². The van der Waals surface area contributed by atoms with Gasteiger partial charge in [-0.2, -0.15) is 4.98 Å². The van der Waals surface area contributed by atoms with Crippen molar-refractivity contribution in [2.75, 3.05) is 5.73 Å². The molecule has 5 N–H and O–H groups in total. The second kappa shape index (κ2) is 3.88. The Morgan fingerprint density at radius 3 is 2.47 bits per heavy atom. The molecule has 0 saturated carbocycles. The highest BCUT2D eigenvalue weighted by molar-refractivity contribution is 6.30. The molecular formula is C9H10ClN5.